The van der Waals surface area contributed by atoms with E-state index < -0.39 is 0 Å². The highest BCUT2D eigenvalue weighted by molar-refractivity contribution is 6.00. The second-order valence-electron chi connectivity index (χ2n) is 4.90. The Morgan fingerprint density at radius 1 is 1.53 bits per heavy atom. The van der Waals surface area contributed by atoms with Gasteiger partial charge in [0.15, 0.2) is 0 Å². The van der Waals surface area contributed by atoms with Crippen LogP contribution in [0.5, 0.6) is 0 Å². The van der Waals surface area contributed by atoms with Gasteiger partial charge in [-0.3, -0.25) is 9.89 Å². The summed E-state index contributed by atoms with van der Waals surface area (Å²) in [5.74, 6) is -0.0556. The van der Waals surface area contributed by atoms with Gasteiger partial charge in [0.2, 0.25) is 0 Å². The number of aromatic amines is 1. The quantitative estimate of drug-likeness (QED) is 0.804. The summed E-state index contributed by atoms with van der Waals surface area (Å²) in [7, 11) is 0. The van der Waals surface area contributed by atoms with E-state index in [1.807, 2.05) is 19.1 Å². The second-order valence-corrected chi connectivity index (χ2v) is 4.90. The molecule has 2 aromatic rings. The van der Waals surface area contributed by atoms with E-state index in [0.29, 0.717) is 24.8 Å². The predicted octanol–water partition coefficient (Wildman–Crippen LogP) is 1.78. The van der Waals surface area contributed by atoms with Gasteiger partial charge in [-0.25, -0.2) is 0 Å². The molecule has 0 saturated heterocycles. The van der Waals surface area contributed by atoms with Crippen molar-refractivity contribution >= 4 is 16.8 Å². The smallest absolute Gasteiger partial charge is 0.251 e. The normalized spacial score (nSPS) is 14.8. The van der Waals surface area contributed by atoms with Gasteiger partial charge in [0.1, 0.15) is 0 Å². The summed E-state index contributed by atoms with van der Waals surface area (Å²) in [5.41, 5.74) is 2.60. The maximum Gasteiger partial charge on any atom is 0.251 e. The van der Waals surface area contributed by atoms with E-state index in [9.17, 15) is 4.79 Å². The molecule has 100 valence electrons. The van der Waals surface area contributed by atoms with Crippen LogP contribution in [0.2, 0.25) is 0 Å². The highest BCUT2D eigenvalue weighted by Gasteiger charge is 2.21. The number of benzene rings is 1. The average Bonchev–Trinajstić information content (AvgIpc) is 3.10. The molecule has 19 heavy (non-hydrogen) atoms. The van der Waals surface area contributed by atoms with Crippen LogP contribution >= 0.6 is 0 Å². The lowest BCUT2D eigenvalue weighted by molar-refractivity contribution is 0.0898. The first-order valence-corrected chi connectivity index (χ1v) is 6.58. The number of nitrogens with one attached hydrogen (secondary N) is 2. The molecule has 0 bridgehead atoms. The third-order valence-electron chi connectivity index (χ3n) is 3.40. The van der Waals surface area contributed by atoms with Crippen LogP contribution < -0.4 is 5.32 Å². The largest absolute Gasteiger partial charge is 0.376 e. The van der Waals surface area contributed by atoms with Crippen molar-refractivity contribution in [1.82, 2.24) is 15.5 Å². The van der Waals surface area contributed by atoms with E-state index in [2.05, 4.69) is 15.5 Å². The summed E-state index contributed by atoms with van der Waals surface area (Å²) in [6.07, 6.45) is 4.49. The number of aromatic nitrogens is 2. The molecule has 1 aromatic heterocycles. The van der Waals surface area contributed by atoms with E-state index >= 15 is 0 Å². The standard InChI is InChI=1S/C14H17N3O2/c1-9-11(4-5-13-12(9)8-16-17-13)14(18)15-6-7-19-10-2-3-10/h4-5,8,10H,2-3,6-7H2,1H3,(H,15,18)(H,16,17). The second kappa shape index (κ2) is 5.01. The van der Waals surface area contributed by atoms with Crippen molar-refractivity contribution in [2.24, 2.45) is 0 Å². The molecule has 3 rings (SSSR count). The van der Waals surface area contributed by atoms with Crippen molar-refractivity contribution in [3.05, 3.63) is 29.5 Å². The molecule has 1 amide bonds. The summed E-state index contributed by atoms with van der Waals surface area (Å²) in [6, 6.07) is 3.71. The Kier molecular flexibility index (Phi) is 3.21. The molecule has 1 heterocycles. The molecule has 1 fully saturated rings. The molecule has 0 aliphatic heterocycles. The van der Waals surface area contributed by atoms with Crippen LogP contribution in [-0.4, -0.2) is 35.4 Å². The zero-order valence-electron chi connectivity index (χ0n) is 10.9. The number of carbonyl (C=O) groups is 1. The molecule has 1 aliphatic rings. The molecule has 1 aliphatic carbocycles. The van der Waals surface area contributed by atoms with Crippen LogP contribution in [0.15, 0.2) is 18.3 Å². The van der Waals surface area contributed by atoms with Gasteiger partial charge in [-0.2, -0.15) is 5.10 Å². The van der Waals surface area contributed by atoms with Crippen LogP contribution in [0, 0.1) is 6.92 Å². The van der Waals surface area contributed by atoms with Gasteiger partial charge in [0, 0.05) is 17.5 Å². The molecule has 0 radical (unpaired) electrons. The fraction of sp³-hybridized carbons (Fsp3) is 0.429. The molecule has 0 spiro atoms. The molecular weight excluding hydrogens is 242 g/mol. The van der Waals surface area contributed by atoms with Crippen molar-refractivity contribution in [2.45, 2.75) is 25.9 Å². The first-order valence-electron chi connectivity index (χ1n) is 6.58. The van der Waals surface area contributed by atoms with Gasteiger partial charge in [-0.1, -0.05) is 0 Å². The topological polar surface area (TPSA) is 67.0 Å². The third-order valence-corrected chi connectivity index (χ3v) is 3.40. The molecule has 5 heteroatoms. The Morgan fingerprint density at radius 2 is 2.37 bits per heavy atom. The number of hydrogen-bond acceptors (Lipinski definition) is 3. The minimum atomic E-state index is -0.0556. The third kappa shape index (κ3) is 2.61. The van der Waals surface area contributed by atoms with Crippen LogP contribution in [0.1, 0.15) is 28.8 Å². The molecular formula is C14H17N3O2. The summed E-state index contributed by atoms with van der Waals surface area (Å²) in [5, 5.41) is 10.8. The highest BCUT2D eigenvalue weighted by atomic mass is 16.5. The van der Waals surface area contributed by atoms with Gasteiger partial charge in [-0.05, 0) is 37.5 Å². The first kappa shape index (κ1) is 12.2. The Labute approximate surface area is 111 Å². The zero-order valence-corrected chi connectivity index (χ0v) is 10.9. The number of amides is 1. The Balaban J connectivity index is 1.64. The number of rotatable bonds is 5. The maximum absolute atomic E-state index is 12.1. The van der Waals surface area contributed by atoms with E-state index in [1.54, 1.807) is 6.20 Å². The molecule has 2 N–H and O–H groups in total. The van der Waals surface area contributed by atoms with Gasteiger partial charge < -0.3 is 10.1 Å². The average molecular weight is 259 g/mol. The molecule has 5 nitrogen and oxygen atoms in total. The monoisotopic (exact) mass is 259 g/mol. The Hall–Kier alpha value is -1.88. The molecule has 0 unspecified atom stereocenters. The Morgan fingerprint density at radius 3 is 3.16 bits per heavy atom. The predicted molar refractivity (Wildman–Crippen MR) is 72.1 cm³/mol. The van der Waals surface area contributed by atoms with Gasteiger partial charge in [-0.15, -0.1) is 0 Å². The van der Waals surface area contributed by atoms with Crippen LogP contribution in [-0.2, 0) is 4.74 Å². The van der Waals surface area contributed by atoms with Crippen LogP contribution in [0.4, 0.5) is 0 Å². The summed E-state index contributed by atoms with van der Waals surface area (Å²) in [6.45, 7) is 3.08. The maximum atomic E-state index is 12.1. The highest BCUT2D eigenvalue weighted by Crippen LogP contribution is 2.23. The van der Waals surface area contributed by atoms with Crippen LogP contribution in [0.3, 0.4) is 0 Å². The molecule has 1 saturated carbocycles. The summed E-state index contributed by atoms with van der Waals surface area (Å²) in [4.78, 5) is 12.1. The summed E-state index contributed by atoms with van der Waals surface area (Å²) >= 11 is 0. The fourth-order valence-corrected chi connectivity index (χ4v) is 2.12. The molecule has 1 aromatic carbocycles. The van der Waals surface area contributed by atoms with E-state index in [4.69, 9.17) is 4.74 Å². The minimum absolute atomic E-state index is 0.0556. The van der Waals surface area contributed by atoms with Gasteiger partial charge >= 0.3 is 0 Å². The number of H-pyrrole nitrogens is 1. The lowest BCUT2D eigenvalue weighted by atomic mass is 10.0. The Bertz CT molecular complexity index is 602. The van der Waals surface area contributed by atoms with E-state index in [1.165, 1.54) is 0 Å². The molecule has 0 atom stereocenters. The number of hydrogen-bond donors (Lipinski definition) is 2. The number of ether oxygens (including phenoxy) is 1. The van der Waals surface area contributed by atoms with Crippen molar-refractivity contribution in [3.8, 4) is 0 Å². The number of carbonyl (C=O) groups excluding carboxylic acids is 1. The number of aryl methyl sites for hydroxylation is 1. The minimum Gasteiger partial charge on any atom is -0.376 e. The van der Waals surface area contributed by atoms with E-state index in [0.717, 1.165) is 29.3 Å². The van der Waals surface area contributed by atoms with Crippen LogP contribution in [0.25, 0.3) is 10.9 Å². The van der Waals surface area contributed by atoms with Crippen molar-refractivity contribution in [1.29, 1.82) is 0 Å². The lowest BCUT2D eigenvalue weighted by Gasteiger charge is -2.08. The van der Waals surface area contributed by atoms with Crippen molar-refractivity contribution in [3.63, 3.8) is 0 Å². The zero-order chi connectivity index (χ0) is 13.2. The van der Waals surface area contributed by atoms with Gasteiger partial charge in [0.05, 0.1) is 24.4 Å². The van der Waals surface area contributed by atoms with Crippen molar-refractivity contribution in [2.75, 3.05) is 13.2 Å². The fourth-order valence-electron chi connectivity index (χ4n) is 2.12. The lowest BCUT2D eigenvalue weighted by Crippen LogP contribution is -2.28. The first-order chi connectivity index (χ1) is 9.25. The van der Waals surface area contributed by atoms with Crippen molar-refractivity contribution < 1.29 is 9.53 Å². The van der Waals surface area contributed by atoms with E-state index in [-0.39, 0.29) is 5.91 Å². The number of fused-ring (bicyclic) bond motifs is 1. The number of nitrogens with zero attached hydrogens (tertiary/aromatic N) is 1. The van der Waals surface area contributed by atoms with Gasteiger partial charge in [0.25, 0.3) is 5.91 Å². The summed E-state index contributed by atoms with van der Waals surface area (Å²) < 4.78 is 5.50. The SMILES string of the molecule is Cc1c(C(=O)NCCOC2CC2)ccc2[nH]ncc12.